The van der Waals surface area contributed by atoms with E-state index in [-0.39, 0.29) is 16.7 Å². The molecular formula is C12H7FN2O2. The maximum atomic E-state index is 13.3. The maximum Gasteiger partial charge on any atom is 0.220 e. The molecule has 5 heteroatoms. The number of alkyl halides is 1. The molecule has 1 unspecified atom stereocenters. The molecule has 0 heterocycles. The number of carbonyl (C=O) groups excluding carboxylic acids is 2. The molecular weight excluding hydrogens is 223 g/mol. The average Bonchev–Trinajstić information content (AvgIpc) is 2.35. The van der Waals surface area contributed by atoms with Gasteiger partial charge in [0, 0.05) is 0 Å². The molecule has 84 valence electrons. The van der Waals surface area contributed by atoms with Gasteiger partial charge in [-0.05, 0) is 19.1 Å². The normalized spacial score (nSPS) is 11.1. The lowest BCUT2D eigenvalue weighted by Crippen LogP contribution is -2.25. The number of ketones is 2. The van der Waals surface area contributed by atoms with Crippen LogP contribution in [0.25, 0.3) is 0 Å². The van der Waals surface area contributed by atoms with Crippen LogP contribution in [0.2, 0.25) is 0 Å². The summed E-state index contributed by atoms with van der Waals surface area (Å²) in [5.74, 6) is -2.10. The zero-order valence-corrected chi connectivity index (χ0v) is 8.90. The van der Waals surface area contributed by atoms with Crippen molar-refractivity contribution < 1.29 is 14.0 Å². The van der Waals surface area contributed by atoms with Crippen molar-refractivity contribution >= 4 is 11.6 Å². The highest BCUT2D eigenvalue weighted by Crippen LogP contribution is 2.17. The highest BCUT2D eigenvalue weighted by Gasteiger charge is 2.28. The third-order valence-corrected chi connectivity index (χ3v) is 2.14. The van der Waals surface area contributed by atoms with Crippen molar-refractivity contribution in [2.45, 2.75) is 13.1 Å². The monoisotopic (exact) mass is 230 g/mol. The van der Waals surface area contributed by atoms with Crippen molar-refractivity contribution in [3.05, 3.63) is 34.9 Å². The first-order valence-electron chi connectivity index (χ1n) is 4.65. The Kier molecular flexibility index (Phi) is 3.69. The Balaban J connectivity index is 3.41. The molecule has 17 heavy (non-hydrogen) atoms. The average molecular weight is 230 g/mol. The van der Waals surface area contributed by atoms with Crippen LogP contribution in [0.3, 0.4) is 0 Å². The van der Waals surface area contributed by atoms with E-state index in [1.165, 1.54) is 18.2 Å². The molecule has 0 aliphatic carbocycles. The summed E-state index contributed by atoms with van der Waals surface area (Å²) in [4.78, 5) is 22.4. The van der Waals surface area contributed by atoms with Gasteiger partial charge < -0.3 is 0 Å². The Morgan fingerprint density at radius 1 is 1.24 bits per heavy atom. The van der Waals surface area contributed by atoms with Crippen molar-refractivity contribution in [2.75, 3.05) is 0 Å². The second kappa shape index (κ2) is 5.00. The molecule has 1 aromatic rings. The predicted octanol–water partition coefficient (Wildman–Crippen LogP) is 1.54. The van der Waals surface area contributed by atoms with Gasteiger partial charge in [-0.1, -0.05) is 6.07 Å². The quantitative estimate of drug-likeness (QED) is 0.582. The van der Waals surface area contributed by atoms with E-state index >= 15 is 0 Å². The molecule has 0 saturated carbocycles. The van der Waals surface area contributed by atoms with Gasteiger partial charge in [0.2, 0.25) is 12.0 Å². The summed E-state index contributed by atoms with van der Waals surface area (Å²) in [5.41, 5.74) is -0.559. The second-order valence-electron chi connectivity index (χ2n) is 3.29. The molecule has 0 aromatic heterocycles. The summed E-state index contributed by atoms with van der Waals surface area (Å²) < 4.78 is 13.3. The summed E-state index contributed by atoms with van der Waals surface area (Å²) >= 11 is 0. The highest BCUT2D eigenvalue weighted by atomic mass is 19.1. The summed E-state index contributed by atoms with van der Waals surface area (Å²) in [5, 5.41) is 17.6. The first-order valence-corrected chi connectivity index (χ1v) is 4.65. The van der Waals surface area contributed by atoms with Crippen LogP contribution in [0.4, 0.5) is 4.39 Å². The predicted molar refractivity (Wildman–Crippen MR) is 55.8 cm³/mol. The van der Waals surface area contributed by atoms with Crippen LogP contribution in [0.15, 0.2) is 18.2 Å². The van der Waals surface area contributed by atoms with Gasteiger partial charge in [-0.25, -0.2) is 4.39 Å². The van der Waals surface area contributed by atoms with E-state index in [1.54, 1.807) is 12.1 Å². The van der Waals surface area contributed by atoms with Crippen molar-refractivity contribution in [3.8, 4) is 12.1 Å². The van der Waals surface area contributed by atoms with Gasteiger partial charge in [-0.2, -0.15) is 10.5 Å². The number of hydrogen-bond donors (Lipinski definition) is 0. The number of nitriles is 2. The van der Waals surface area contributed by atoms with Gasteiger partial charge in [0.15, 0.2) is 5.78 Å². The Labute approximate surface area is 96.9 Å². The minimum absolute atomic E-state index is 0.113. The fraction of sp³-hybridized carbons (Fsp3) is 0.167. The number of carbonyl (C=O) groups is 2. The van der Waals surface area contributed by atoms with Crippen molar-refractivity contribution in [1.82, 2.24) is 0 Å². The number of benzene rings is 1. The summed E-state index contributed by atoms with van der Waals surface area (Å²) in [6, 6.07) is 7.39. The molecule has 1 rings (SSSR count). The largest absolute Gasteiger partial charge is 0.296 e. The molecule has 1 atom stereocenters. The Morgan fingerprint density at radius 2 is 1.71 bits per heavy atom. The number of Topliss-reactive ketones (excluding diaryl/α,β-unsaturated/α-hetero) is 2. The Bertz CT molecular complexity index is 535. The van der Waals surface area contributed by atoms with Crippen molar-refractivity contribution in [3.63, 3.8) is 0 Å². The second-order valence-corrected chi connectivity index (χ2v) is 3.29. The fourth-order valence-corrected chi connectivity index (χ4v) is 1.32. The Hall–Kier alpha value is -2.53. The van der Waals surface area contributed by atoms with Gasteiger partial charge in [-0.15, -0.1) is 0 Å². The number of nitrogens with zero attached hydrogens (tertiary/aromatic N) is 2. The summed E-state index contributed by atoms with van der Waals surface area (Å²) in [7, 11) is 0. The van der Waals surface area contributed by atoms with E-state index < -0.39 is 17.7 Å². The number of rotatable bonds is 3. The zero-order valence-electron chi connectivity index (χ0n) is 8.90. The van der Waals surface area contributed by atoms with Gasteiger partial charge >= 0.3 is 0 Å². The minimum atomic E-state index is -2.34. The van der Waals surface area contributed by atoms with E-state index in [9.17, 15) is 14.0 Å². The molecule has 4 nitrogen and oxygen atoms in total. The molecule has 0 spiro atoms. The molecule has 0 radical (unpaired) electrons. The molecule has 0 N–H and O–H groups in total. The maximum absolute atomic E-state index is 13.3. The molecule has 0 aliphatic heterocycles. The first-order chi connectivity index (χ1) is 8.02. The SMILES string of the molecule is CC(=O)C(F)C(=O)c1c(C#N)cccc1C#N. The van der Waals surface area contributed by atoms with Crippen LogP contribution >= 0.6 is 0 Å². The molecule has 1 aromatic carbocycles. The van der Waals surface area contributed by atoms with E-state index in [2.05, 4.69) is 0 Å². The van der Waals surface area contributed by atoms with Crippen LogP contribution < -0.4 is 0 Å². The van der Waals surface area contributed by atoms with Crippen LogP contribution in [0.1, 0.15) is 28.4 Å². The minimum Gasteiger partial charge on any atom is -0.296 e. The van der Waals surface area contributed by atoms with E-state index in [1.807, 2.05) is 0 Å². The van der Waals surface area contributed by atoms with Crippen LogP contribution in [0.5, 0.6) is 0 Å². The first kappa shape index (κ1) is 12.5. The van der Waals surface area contributed by atoms with Crippen LogP contribution in [-0.4, -0.2) is 17.7 Å². The molecule has 0 fully saturated rings. The smallest absolute Gasteiger partial charge is 0.220 e. The van der Waals surface area contributed by atoms with Gasteiger partial charge in [-0.3, -0.25) is 9.59 Å². The topological polar surface area (TPSA) is 81.7 Å². The molecule has 0 aliphatic rings. The van der Waals surface area contributed by atoms with Crippen molar-refractivity contribution in [2.24, 2.45) is 0 Å². The van der Waals surface area contributed by atoms with Crippen molar-refractivity contribution in [1.29, 1.82) is 10.5 Å². The van der Waals surface area contributed by atoms with E-state index in [0.717, 1.165) is 6.92 Å². The standard InChI is InChI=1S/C12H7FN2O2/c1-7(16)11(13)12(17)10-8(5-14)3-2-4-9(10)6-15/h2-4,11H,1H3. The van der Waals surface area contributed by atoms with Gasteiger partial charge in [0.1, 0.15) is 0 Å². The zero-order chi connectivity index (χ0) is 13.0. The third kappa shape index (κ3) is 2.35. The fourth-order valence-electron chi connectivity index (χ4n) is 1.32. The van der Waals surface area contributed by atoms with Gasteiger partial charge in [0.25, 0.3) is 0 Å². The summed E-state index contributed by atoms with van der Waals surface area (Å²) in [6.07, 6.45) is -2.34. The Morgan fingerprint density at radius 3 is 2.06 bits per heavy atom. The lowest BCUT2D eigenvalue weighted by Gasteiger charge is -2.07. The molecule has 0 saturated heterocycles. The van der Waals surface area contributed by atoms with Crippen LogP contribution in [0, 0.1) is 22.7 Å². The molecule has 0 bridgehead atoms. The van der Waals surface area contributed by atoms with E-state index in [4.69, 9.17) is 10.5 Å². The van der Waals surface area contributed by atoms with Crippen LogP contribution in [-0.2, 0) is 4.79 Å². The third-order valence-electron chi connectivity index (χ3n) is 2.14. The van der Waals surface area contributed by atoms with Gasteiger partial charge in [0.05, 0.1) is 28.8 Å². The summed E-state index contributed by atoms with van der Waals surface area (Å²) in [6.45, 7) is 0.934. The highest BCUT2D eigenvalue weighted by molar-refractivity contribution is 6.14. The number of hydrogen-bond acceptors (Lipinski definition) is 4. The number of halogens is 1. The van der Waals surface area contributed by atoms with E-state index in [0.29, 0.717) is 0 Å². The molecule has 0 amide bonds. The lowest BCUT2D eigenvalue weighted by atomic mass is 9.95. The lowest BCUT2D eigenvalue weighted by molar-refractivity contribution is -0.120.